The molecule has 0 bridgehead atoms. The summed E-state index contributed by atoms with van der Waals surface area (Å²) in [6.45, 7) is 0.430. The van der Waals surface area contributed by atoms with E-state index in [4.69, 9.17) is 9.84 Å². The normalized spacial score (nSPS) is 10.5. The molecule has 0 aliphatic heterocycles. The average molecular weight is 471 g/mol. The monoisotopic (exact) mass is 468 g/mol. The van der Waals surface area contributed by atoms with Crippen molar-refractivity contribution >= 4 is 65.1 Å². The van der Waals surface area contributed by atoms with Gasteiger partial charge in [-0.15, -0.1) is 11.3 Å². The number of hydrogen-bond acceptors (Lipinski definition) is 3. The molecule has 1 aromatic carbocycles. The van der Waals surface area contributed by atoms with E-state index in [1.807, 2.05) is 12.1 Å². The number of carbonyl (C=O) groups is 1. The van der Waals surface area contributed by atoms with Gasteiger partial charge in [-0.2, -0.15) is 0 Å². The molecule has 0 saturated carbocycles. The van der Waals surface area contributed by atoms with Crippen LogP contribution in [0, 0.1) is 0 Å². The predicted octanol–water partition coefficient (Wildman–Crippen LogP) is 5.31. The first-order valence-electron chi connectivity index (χ1n) is 5.06. The van der Waals surface area contributed by atoms with Crippen LogP contribution in [0.15, 0.2) is 37.0 Å². The van der Waals surface area contributed by atoms with Crippen LogP contribution >= 0.6 is 59.1 Å². The van der Waals surface area contributed by atoms with Crippen molar-refractivity contribution in [2.75, 3.05) is 0 Å². The standard InChI is InChI=1S/C12H7Br3O3S/c13-8-3-6(12(16)17)4-9(14)11(8)18-5-7-1-2-10(15)19-7/h1-4H,5H2,(H,16,17). The molecule has 0 aliphatic carbocycles. The van der Waals surface area contributed by atoms with Gasteiger partial charge in [0.25, 0.3) is 0 Å². The van der Waals surface area contributed by atoms with Gasteiger partial charge in [0.15, 0.2) is 0 Å². The van der Waals surface area contributed by atoms with Crippen LogP contribution in [0.1, 0.15) is 15.2 Å². The summed E-state index contributed by atoms with van der Waals surface area (Å²) in [5.74, 6) is -0.385. The minimum Gasteiger partial charge on any atom is -0.486 e. The van der Waals surface area contributed by atoms with Crippen LogP contribution in [0.5, 0.6) is 5.75 Å². The van der Waals surface area contributed by atoms with Gasteiger partial charge in [0, 0.05) is 4.88 Å². The fourth-order valence-corrected chi connectivity index (χ4v) is 4.21. The van der Waals surface area contributed by atoms with Gasteiger partial charge in [-0.05, 0) is 72.1 Å². The van der Waals surface area contributed by atoms with Crippen molar-refractivity contribution in [3.63, 3.8) is 0 Å². The van der Waals surface area contributed by atoms with Crippen molar-refractivity contribution in [1.82, 2.24) is 0 Å². The Bertz CT molecular complexity index is 601. The molecular formula is C12H7Br3O3S. The zero-order valence-corrected chi connectivity index (χ0v) is 14.9. The summed E-state index contributed by atoms with van der Waals surface area (Å²) in [6, 6.07) is 6.97. The van der Waals surface area contributed by atoms with Crippen LogP contribution in [0.25, 0.3) is 0 Å². The second-order valence-electron chi connectivity index (χ2n) is 3.57. The lowest BCUT2D eigenvalue weighted by atomic mass is 10.2. The zero-order valence-electron chi connectivity index (χ0n) is 9.32. The Morgan fingerprint density at radius 3 is 2.32 bits per heavy atom. The van der Waals surface area contributed by atoms with Crippen molar-refractivity contribution in [3.05, 3.63) is 47.4 Å². The Labute approximate surface area is 139 Å². The summed E-state index contributed by atoms with van der Waals surface area (Å²) in [7, 11) is 0. The van der Waals surface area contributed by atoms with Gasteiger partial charge in [0.1, 0.15) is 12.4 Å². The molecule has 7 heteroatoms. The van der Waals surface area contributed by atoms with Crippen LogP contribution in [0.3, 0.4) is 0 Å². The Kier molecular flexibility index (Phi) is 5.05. The summed E-state index contributed by atoms with van der Waals surface area (Å²) in [5, 5.41) is 8.95. The first-order valence-corrected chi connectivity index (χ1v) is 8.26. The minimum atomic E-state index is -0.977. The molecule has 3 nitrogen and oxygen atoms in total. The van der Waals surface area contributed by atoms with Crippen LogP contribution in [-0.2, 0) is 6.61 Å². The fourth-order valence-electron chi connectivity index (χ4n) is 1.39. The van der Waals surface area contributed by atoms with Crippen molar-refractivity contribution < 1.29 is 14.6 Å². The molecule has 0 spiro atoms. The quantitative estimate of drug-likeness (QED) is 0.658. The Balaban J connectivity index is 2.18. The van der Waals surface area contributed by atoms with Crippen molar-refractivity contribution in [2.45, 2.75) is 6.61 Å². The number of ether oxygens (including phenoxy) is 1. The second-order valence-corrected chi connectivity index (χ2v) is 7.82. The van der Waals surface area contributed by atoms with Crippen LogP contribution < -0.4 is 4.74 Å². The number of hydrogen-bond donors (Lipinski definition) is 1. The van der Waals surface area contributed by atoms with Gasteiger partial charge in [0.05, 0.1) is 18.3 Å². The topological polar surface area (TPSA) is 46.5 Å². The van der Waals surface area contributed by atoms with Crippen LogP contribution in [0.4, 0.5) is 0 Å². The highest BCUT2D eigenvalue weighted by Gasteiger charge is 2.13. The molecule has 2 rings (SSSR count). The van der Waals surface area contributed by atoms with E-state index in [0.717, 1.165) is 8.66 Å². The maximum absolute atomic E-state index is 10.9. The third kappa shape index (κ3) is 3.81. The molecular weight excluding hydrogens is 464 g/mol. The molecule has 0 aliphatic rings. The molecule has 0 atom stereocenters. The van der Waals surface area contributed by atoms with E-state index in [2.05, 4.69) is 47.8 Å². The molecule has 19 heavy (non-hydrogen) atoms. The largest absolute Gasteiger partial charge is 0.486 e. The van der Waals surface area contributed by atoms with E-state index in [-0.39, 0.29) is 5.56 Å². The number of carboxylic acids is 1. The van der Waals surface area contributed by atoms with E-state index >= 15 is 0 Å². The van der Waals surface area contributed by atoms with Gasteiger partial charge in [-0.25, -0.2) is 4.79 Å². The maximum Gasteiger partial charge on any atom is 0.335 e. The number of aromatic carboxylic acids is 1. The van der Waals surface area contributed by atoms with E-state index in [0.29, 0.717) is 21.3 Å². The zero-order chi connectivity index (χ0) is 14.0. The Hall–Kier alpha value is -0.370. The SMILES string of the molecule is O=C(O)c1cc(Br)c(OCc2ccc(Br)s2)c(Br)c1. The lowest BCUT2D eigenvalue weighted by Crippen LogP contribution is -1.99. The maximum atomic E-state index is 10.9. The van der Waals surface area contributed by atoms with Crippen molar-refractivity contribution in [1.29, 1.82) is 0 Å². The molecule has 0 unspecified atom stereocenters. The molecule has 1 N–H and O–H groups in total. The first-order chi connectivity index (χ1) is 8.97. The highest BCUT2D eigenvalue weighted by Crippen LogP contribution is 2.36. The molecule has 0 fully saturated rings. The van der Waals surface area contributed by atoms with E-state index < -0.39 is 5.97 Å². The molecule has 1 heterocycles. The first kappa shape index (κ1) is 15.0. The lowest BCUT2D eigenvalue weighted by Gasteiger charge is -2.10. The van der Waals surface area contributed by atoms with Gasteiger partial charge in [0.2, 0.25) is 0 Å². The van der Waals surface area contributed by atoms with Crippen molar-refractivity contribution in [2.24, 2.45) is 0 Å². The molecule has 0 radical (unpaired) electrons. The highest BCUT2D eigenvalue weighted by molar-refractivity contribution is 9.11. The van der Waals surface area contributed by atoms with Gasteiger partial charge >= 0.3 is 5.97 Å². The van der Waals surface area contributed by atoms with E-state index in [1.54, 1.807) is 11.3 Å². The summed E-state index contributed by atoms with van der Waals surface area (Å²) >= 11 is 11.6. The third-order valence-electron chi connectivity index (χ3n) is 2.23. The molecule has 2 aromatic rings. The lowest BCUT2D eigenvalue weighted by molar-refractivity contribution is 0.0696. The Morgan fingerprint density at radius 1 is 1.21 bits per heavy atom. The highest BCUT2D eigenvalue weighted by atomic mass is 79.9. The Morgan fingerprint density at radius 2 is 1.84 bits per heavy atom. The van der Waals surface area contributed by atoms with E-state index in [9.17, 15) is 4.79 Å². The van der Waals surface area contributed by atoms with Crippen molar-refractivity contribution in [3.8, 4) is 5.75 Å². The number of halogens is 3. The van der Waals surface area contributed by atoms with E-state index in [1.165, 1.54) is 12.1 Å². The van der Waals surface area contributed by atoms with Gasteiger partial charge in [-0.3, -0.25) is 0 Å². The molecule has 1 aromatic heterocycles. The summed E-state index contributed by atoms with van der Waals surface area (Å²) < 4.78 is 7.96. The van der Waals surface area contributed by atoms with Crippen LogP contribution in [-0.4, -0.2) is 11.1 Å². The molecule has 0 amide bonds. The summed E-state index contributed by atoms with van der Waals surface area (Å²) in [4.78, 5) is 12.0. The predicted molar refractivity (Wildman–Crippen MR) is 85.2 cm³/mol. The third-order valence-corrected chi connectivity index (χ3v) is 5.01. The molecule has 100 valence electrons. The van der Waals surface area contributed by atoms with Gasteiger partial charge < -0.3 is 9.84 Å². The minimum absolute atomic E-state index is 0.199. The number of rotatable bonds is 4. The average Bonchev–Trinajstić information content (AvgIpc) is 2.73. The summed E-state index contributed by atoms with van der Waals surface area (Å²) in [5.41, 5.74) is 0.199. The van der Waals surface area contributed by atoms with Gasteiger partial charge in [-0.1, -0.05) is 0 Å². The second kappa shape index (κ2) is 6.39. The fraction of sp³-hybridized carbons (Fsp3) is 0.0833. The smallest absolute Gasteiger partial charge is 0.335 e. The van der Waals surface area contributed by atoms with Crippen LogP contribution in [0.2, 0.25) is 0 Å². The number of carboxylic acid groups (broad SMARTS) is 1. The number of benzene rings is 1. The summed E-state index contributed by atoms with van der Waals surface area (Å²) in [6.07, 6.45) is 0. The number of thiophene rings is 1. The molecule has 0 saturated heterocycles.